The maximum Gasteiger partial charge on any atom is 0.407 e. The van der Waals surface area contributed by atoms with Crippen molar-refractivity contribution < 1.29 is 38.1 Å². The number of ether oxygens (including phenoxy) is 4. The van der Waals surface area contributed by atoms with Gasteiger partial charge in [-0.15, -0.1) is 0 Å². The quantitative estimate of drug-likeness (QED) is 0.141. The van der Waals surface area contributed by atoms with Gasteiger partial charge in [0, 0.05) is 46.6 Å². The number of aliphatic imine (C=N–C) groups is 1. The van der Waals surface area contributed by atoms with Crippen LogP contribution in [0.5, 0.6) is 11.5 Å². The van der Waals surface area contributed by atoms with Crippen molar-refractivity contribution in [2.45, 2.75) is 119 Å². The van der Waals surface area contributed by atoms with Crippen molar-refractivity contribution in [3.05, 3.63) is 65.4 Å². The van der Waals surface area contributed by atoms with Gasteiger partial charge in [-0.1, -0.05) is 74.4 Å². The van der Waals surface area contributed by atoms with Crippen LogP contribution in [0.3, 0.4) is 0 Å². The van der Waals surface area contributed by atoms with Crippen molar-refractivity contribution in [1.82, 2.24) is 30.4 Å². The van der Waals surface area contributed by atoms with E-state index in [1.54, 1.807) is 11.1 Å². The molecule has 4 unspecified atom stereocenters. The number of imidazole rings is 1. The number of likely N-dealkylation sites (tertiary alicyclic amines) is 2. The number of alkyl carbamates (subject to hydrolysis) is 2. The minimum atomic E-state index is -0.732. The van der Waals surface area contributed by atoms with Crippen LogP contribution in [0.1, 0.15) is 118 Å². The number of hydrogen-bond donors (Lipinski definition) is 3. The molecule has 65 heavy (non-hydrogen) atoms. The van der Waals surface area contributed by atoms with E-state index in [4.69, 9.17) is 28.9 Å². The number of aromatic nitrogens is 2. The third-order valence-corrected chi connectivity index (χ3v) is 12.7. The van der Waals surface area contributed by atoms with Crippen molar-refractivity contribution in [3.8, 4) is 33.9 Å². The van der Waals surface area contributed by atoms with Gasteiger partial charge in [0.15, 0.2) is 0 Å². The molecule has 3 aliphatic rings. The van der Waals surface area contributed by atoms with Gasteiger partial charge in [0.1, 0.15) is 29.4 Å². The van der Waals surface area contributed by atoms with E-state index in [1.807, 2.05) is 50.8 Å². The largest absolute Gasteiger partial charge is 0.492 e. The summed E-state index contributed by atoms with van der Waals surface area (Å²) in [6, 6.07) is 10.6. The van der Waals surface area contributed by atoms with E-state index in [0.717, 1.165) is 76.5 Å². The molecular weight excluding hydrogens is 827 g/mol. The Bertz CT molecular complexity index is 2280. The van der Waals surface area contributed by atoms with Gasteiger partial charge < -0.3 is 44.4 Å². The number of allylic oxidation sites excluding steroid dienone is 2. The van der Waals surface area contributed by atoms with Crippen molar-refractivity contribution in [2.24, 2.45) is 28.2 Å². The first-order valence-corrected chi connectivity index (χ1v) is 23.2. The molecule has 15 heteroatoms. The predicted molar refractivity (Wildman–Crippen MR) is 251 cm³/mol. The molecule has 0 radical (unpaired) electrons. The topological polar surface area (TPSA) is 177 Å². The van der Waals surface area contributed by atoms with E-state index >= 15 is 0 Å². The lowest BCUT2D eigenvalue weighted by Gasteiger charge is -2.30. The second-order valence-electron chi connectivity index (χ2n) is 18.9. The van der Waals surface area contributed by atoms with Crippen molar-refractivity contribution in [3.63, 3.8) is 0 Å². The molecule has 3 N–H and O–H groups in total. The van der Waals surface area contributed by atoms with E-state index in [1.165, 1.54) is 14.2 Å². The Morgan fingerprint density at radius 2 is 1.48 bits per heavy atom. The van der Waals surface area contributed by atoms with Gasteiger partial charge in [-0.3, -0.25) is 14.6 Å². The first-order chi connectivity index (χ1) is 31.0. The summed E-state index contributed by atoms with van der Waals surface area (Å²) >= 11 is 0. The molecule has 1 aromatic heterocycles. The smallest absolute Gasteiger partial charge is 0.407 e. The second kappa shape index (κ2) is 21.0. The fraction of sp³-hybridized carbons (Fsp3) is 0.560. The number of fused-ring (bicyclic) bond motifs is 3. The first-order valence-electron chi connectivity index (χ1n) is 23.2. The molecule has 2 aromatic carbocycles. The third kappa shape index (κ3) is 11.0. The molecule has 2 saturated heterocycles. The number of carbonyl (C=O) groups is 4. The minimum absolute atomic E-state index is 0.0762. The van der Waals surface area contributed by atoms with Crippen molar-refractivity contribution in [1.29, 1.82) is 0 Å². The summed E-state index contributed by atoms with van der Waals surface area (Å²) in [6.07, 6.45) is 5.10. The van der Waals surface area contributed by atoms with Gasteiger partial charge in [0.2, 0.25) is 11.8 Å². The van der Waals surface area contributed by atoms with Crippen LogP contribution in [-0.4, -0.2) is 102 Å². The van der Waals surface area contributed by atoms with Crippen LogP contribution >= 0.6 is 0 Å². The van der Waals surface area contributed by atoms with Gasteiger partial charge in [-0.25, -0.2) is 14.6 Å². The number of amides is 4. The van der Waals surface area contributed by atoms with Crippen LogP contribution in [0.25, 0.3) is 22.4 Å². The molecule has 0 saturated carbocycles. The molecule has 3 aromatic rings. The Morgan fingerprint density at radius 1 is 0.862 bits per heavy atom. The molecule has 4 heterocycles. The number of methoxy groups -OCH3 is 2. The van der Waals surface area contributed by atoms with Crippen LogP contribution in [0.15, 0.2) is 59.0 Å². The zero-order valence-electron chi connectivity index (χ0n) is 40.1. The molecule has 0 spiro atoms. The Balaban J connectivity index is 1.33. The summed E-state index contributed by atoms with van der Waals surface area (Å²) in [6.45, 7) is 20.2. The van der Waals surface area contributed by atoms with E-state index in [-0.39, 0.29) is 41.0 Å². The number of nitrogens with one attached hydrogen (secondary N) is 3. The number of H-pyrrole nitrogens is 1. The second-order valence-corrected chi connectivity index (χ2v) is 18.9. The Labute approximate surface area is 384 Å². The van der Waals surface area contributed by atoms with Crippen LogP contribution in [0, 0.1) is 23.2 Å². The molecule has 4 amide bonds. The van der Waals surface area contributed by atoms with E-state index in [0.29, 0.717) is 50.7 Å². The highest BCUT2D eigenvalue weighted by Crippen LogP contribution is 2.43. The Kier molecular flexibility index (Phi) is 15.7. The molecule has 15 nitrogen and oxygen atoms in total. The summed E-state index contributed by atoms with van der Waals surface area (Å²) in [4.78, 5) is 69.5. The van der Waals surface area contributed by atoms with Crippen LogP contribution < -0.4 is 20.1 Å². The number of benzene rings is 2. The summed E-state index contributed by atoms with van der Waals surface area (Å²) in [7, 11) is 2.59. The molecule has 352 valence electrons. The van der Waals surface area contributed by atoms with Gasteiger partial charge in [-0.05, 0) is 86.1 Å². The Morgan fingerprint density at radius 3 is 2.08 bits per heavy atom. The Hall–Kier alpha value is -5.86. The fourth-order valence-electron chi connectivity index (χ4n) is 8.71. The average molecular weight is 896 g/mol. The molecule has 2 fully saturated rings. The van der Waals surface area contributed by atoms with Gasteiger partial charge >= 0.3 is 12.2 Å². The standard InChI is InChI=1S/C50H69N7O8/c1-12-31(7)44(38-16-14-22-56(38)46(58)42(29(3)4)54-48(60)62-10)52-36(13-2)32-18-20-34-35-21-19-33(25-41(35)65-28-50(8,9)27-64-40(34)24-32)37-26-51-45(53-37)39-17-15-23-57(39)47(59)43(30(5)6)55-49(61)63-11/h18-21,24-26,29-31,39,42-43H,12-17,22-23,27-28H2,1-11H3,(H,51,53)(H,54,60)(H,55,61). The highest BCUT2D eigenvalue weighted by atomic mass is 16.5. The first kappa shape index (κ1) is 48.6. The lowest BCUT2D eigenvalue weighted by Crippen LogP contribution is -2.51. The minimum Gasteiger partial charge on any atom is -0.492 e. The monoisotopic (exact) mass is 896 g/mol. The normalized spacial score (nSPS) is 19.4. The number of rotatable bonds is 13. The average Bonchev–Trinajstić information content (AvgIpc) is 4.10. The lowest BCUT2D eigenvalue weighted by atomic mass is 9.96. The fourth-order valence-corrected chi connectivity index (χ4v) is 8.71. The maximum absolute atomic E-state index is 14.1. The van der Waals surface area contributed by atoms with E-state index < -0.39 is 24.3 Å². The molecule has 0 bridgehead atoms. The number of aromatic amines is 1. The van der Waals surface area contributed by atoms with E-state index in [2.05, 4.69) is 68.4 Å². The molecule has 6 rings (SSSR count). The van der Waals surface area contributed by atoms with Gasteiger partial charge in [-0.2, -0.15) is 0 Å². The third-order valence-electron chi connectivity index (χ3n) is 12.7. The van der Waals surface area contributed by atoms with E-state index in [9.17, 15) is 19.2 Å². The van der Waals surface area contributed by atoms with Crippen LogP contribution in [0.2, 0.25) is 0 Å². The van der Waals surface area contributed by atoms with Crippen LogP contribution in [-0.2, 0) is 19.1 Å². The SMILES string of the molecule is CCC(=NC(=C1CCCN1C(=O)C(NC(=O)OC)C(C)C)C(C)CC)c1ccc2c(c1)OCC(C)(C)COc1cc(-c3cnc(C4CCCN4C(=O)C(NC(=O)OC)C(C)C)[nH]3)ccc1-2. The van der Waals surface area contributed by atoms with Crippen molar-refractivity contribution in [2.75, 3.05) is 40.5 Å². The summed E-state index contributed by atoms with van der Waals surface area (Å²) in [5.74, 6) is 1.60. The van der Waals surface area contributed by atoms with Gasteiger partial charge in [0.25, 0.3) is 0 Å². The molecule has 4 atom stereocenters. The zero-order valence-corrected chi connectivity index (χ0v) is 40.1. The maximum atomic E-state index is 14.1. The van der Waals surface area contributed by atoms with Crippen molar-refractivity contribution >= 4 is 29.7 Å². The molecular formula is C50H69N7O8. The highest BCUT2D eigenvalue weighted by Gasteiger charge is 2.38. The van der Waals surface area contributed by atoms with Crippen LogP contribution in [0.4, 0.5) is 9.59 Å². The lowest BCUT2D eigenvalue weighted by molar-refractivity contribution is -0.135. The predicted octanol–water partition coefficient (Wildman–Crippen LogP) is 9.05. The van der Waals surface area contributed by atoms with Gasteiger partial charge in [0.05, 0.1) is 51.1 Å². The summed E-state index contributed by atoms with van der Waals surface area (Å²) in [5.41, 5.74) is 6.72. The highest BCUT2D eigenvalue weighted by molar-refractivity contribution is 6.02. The number of carbonyl (C=O) groups excluding carboxylic acids is 4. The number of hydrogen-bond acceptors (Lipinski definition) is 10. The summed E-state index contributed by atoms with van der Waals surface area (Å²) in [5, 5.41) is 5.47. The summed E-state index contributed by atoms with van der Waals surface area (Å²) < 4.78 is 22.9. The zero-order chi connectivity index (χ0) is 47.2. The molecule has 3 aliphatic heterocycles. The number of nitrogens with zero attached hydrogens (tertiary/aromatic N) is 4. The molecule has 0 aliphatic carbocycles.